The molecule has 2 rings (SSSR count). The first kappa shape index (κ1) is 13.1. The van der Waals surface area contributed by atoms with Crippen LogP contribution in [0.25, 0.3) is 0 Å². The molecule has 0 aromatic carbocycles. The van der Waals surface area contributed by atoms with Crippen LogP contribution in [0.15, 0.2) is 16.7 Å². The van der Waals surface area contributed by atoms with Gasteiger partial charge in [-0.15, -0.1) is 0 Å². The maximum absolute atomic E-state index is 10.8. The van der Waals surface area contributed by atoms with Crippen LogP contribution >= 0.6 is 0 Å². The van der Waals surface area contributed by atoms with Gasteiger partial charge in [-0.2, -0.15) is 0 Å². The van der Waals surface area contributed by atoms with Gasteiger partial charge in [-0.25, -0.2) is 4.79 Å². The number of carboxylic acid groups (broad SMARTS) is 1. The van der Waals surface area contributed by atoms with Crippen molar-refractivity contribution in [2.75, 3.05) is 19.8 Å². The summed E-state index contributed by atoms with van der Waals surface area (Å²) in [5.74, 6) is -0.195. The molecule has 1 saturated carbocycles. The Kier molecular flexibility index (Phi) is 4.78. The van der Waals surface area contributed by atoms with E-state index in [4.69, 9.17) is 14.3 Å². The Morgan fingerprint density at radius 1 is 1.56 bits per heavy atom. The van der Waals surface area contributed by atoms with Gasteiger partial charge in [-0.05, 0) is 37.8 Å². The largest absolute Gasteiger partial charge is 0.475 e. The van der Waals surface area contributed by atoms with Crippen LogP contribution in [-0.4, -0.2) is 30.8 Å². The lowest BCUT2D eigenvalue weighted by Crippen LogP contribution is -2.17. The molecule has 0 saturated heterocycles. The first-order valence-corrected chi connectivity index (χ1v) is 6.35. The van der Waals surface area contributed by atoms with Crippen molar-refractivity contribution in [2.24, 2.45) is 5.92 Å². The topological polar surface area (TPSA) is 71.7 Å². The van der Waals surface area contributed by atoms with E-state index in [9.17, 15) is 4.79 Å². The van der Waals surface area contributed by atoms with E-state index in [1.807, 2.05) is 0 Å². The molecule has 0 spiro atoms. The maximum Gasteiger partial charge on any atom is 0.372 e. The van der Waals surface area contributed by atoms with Crippen LogP contribution in [0.5, 0.6) is 0 Å². The van der Waals surface area contributed by atoms with E-state index < -0.39 is 5.97 Å². The Balaban J connectivity index is 1.54. The third-order valence-corrected chi connectivity index (χ3v) is 2.95. The number of carbonyl (C=O) groups is 1. The Bertz CT molecular complexity index is 384. The Labute approximate surface area is 106 Å². The average Bonchev–Trinajstić information content (AvgIpc) is 3.04. The predicted molar refractivity (Wildman–Crippen MR) is 65.5 cm³/mol. The lowest BCUT2D eigenvalue weighted by atomic mass is 10.2. The van der Waals surface area contributed by atoms with Gasteiger partial charge in [0.05, 0.1) is 6.26 Å². The van der Waals surface area contributed by atoms with Gasteiger partial charge in [0.25, 0.3) is 0 Å². The molecule has 0 unspecified atom stereocenters. The van der Waals surface area contributed by atoms with E-state index in [0.717, 1.165) is 32.1 Å². The van der Waals surface area contributed by atoms with Gasteiger partial charge in [0, 0.05) is 25.3 Å². The van der Waals surface area contributed by atoms with Crippen LogP contribution in [0.2, 0.25) is 0 Å². The van der Waals surface area contributed by atoms with Crippen molar-refractivity contribution >= 4 is 5.97 Å². The molecular weight excluding hydrogens is 234 g/mol. The highest BCUT2D eigenvalue weighted by atomic mass is 16.5. The van der Waals surface area contributed by atoms with Crippen molar-refractivity contribution in [3.63, 3.8) is 0 Å². The first-order chi connectivity index (χ1) is 8.77. The normalized spacial score (nSPS) is 14.9. The third kappa shape index (κ3) is 4.16. The Hall–Kier alpha value is -1.33. The summed E-state index contributed by atoms with van der Waals surface area (Å²) >= 11 is 0. The van der Waals surface area contributed by atoms with E-state index in [0.29, 0.717) is 12.1 Å². The number of nitrogens with one attached hydrogen (secondary N) is 1. The number of rotatable bonds is 9. The van der Waals surface area contributed by atoms with Crippen molar-refractivity contribution in [3.8, 4) is 0 Å². The predicted octanol–water partition coefficient (Wildman–Crippen LogP) is 1.88. The van der Waals surface area contributed by atoms with Crippen LogP contribution in [0.3, 0.4) is 0 Å². The van der Waals surface area contributed by atoms with E-state index >= 15 is 0 Å². The molecule has 1 aliphatic carbocycles. The zero-order valence-electron chi connectivity index (χ0n) is 10.4. The molecule has 2 N–H and O–H groups in total. The molecule has 0 amide bonds. The fourth-order valence-corrected chi connectivity index (χ4v) is 1.72. The molecule has 100 valence electrons. The zero-order valence-corrected chi connectivity index (χ0v) is 10.4. The summed E-state index contributed by atoms with van der Waals surface area (Å²) in [6.07, 6.45) is 4.97. The Morgan fingerprint density at radius 2 is 2.39 bits per heavy atom. The minimum atomic E-state index is -1.02. The van der Waals surface area contributed by atoms with Gasteiger partial charge in [0.15, 0.2) is 0 Å². The quantitative estimate of drug-likeness (QED) is 0.657. The number of aromatic carboxylic acids is 1. The van der Waals surface area contributed by atoms with Crippen LogP contribution in [0.4, 0.5) is 0 Å². The summed E-state index contributed by atoms with van der Waals surface area (Å²) in [4.78, 5) is 10.8. The maximum atomic E-state index is 10.8. The van der Waals surface area contributed by atoms with Crippen molar-refractivity contribution < 1.29 is 19.1 Å². The lowest BCUT2D eigenvalue weighted by Gasteiger charge is -2.05. The second-order valence-corrected chi connectivity index (χ2v) is 4.63. The van der Waals surface area contributed by atoms with Gasteiger partial charge < -0.3 is 19.6 Å². The highest BCUT2D eigenvalue weighted by molar-refractivity contribution is 5.86. The molecular formula is C13H19NO4. The first-order valence-electron chi connectivity index (χ1n) is 6.35. The second-order valence-electron chi connectivity index (χ2n) is 4.63. The van der Waals surface area contributed by atoms with Gasteiger partial charge in [-0.1, -0.05) is 0 Å². The lowest BCUT2D eigenvalue weighted by molar-refractivity contribution is 0.0660. The summed E-state index contributed by atoms with van der Waals surface area (Å²) in [6, 6.07) is 1.68. The SMILES string of the molecule is O=C(O)c1occc1CNCCCOCC1CC1. The van der Waals surface area contributed by atoms with Crippen LogP contribution < -0.4 is 5.32 Å². The molecule has 0 radical (unpaired) electrons. The van der Waals surface area contributed by atoms with E-state index in [2.05, 4.69) is 5.32 Å². The Morgan fingerprint density at radius 3 is 3.11 bits per heavy atom. The molecule has 0 bridgehead atoms. The van der Waals surface area contributed by atoms with Crippen LogP contribution in [0.1, 0.15) is 35.4 Å². The number of hydrogen-bond donors (Lipinski definition) is 2. The number of hydrogen-bond acceptors (Lipinski definition) is 4. The second kappa shape index (κ2) is 6.56. The van der Waals surface area contributed by atoms with E-state index in [1.165, 1.54) is 19.1 Å². The van der Waals surface area contributed by atoms with Crippen molar-refractivity contribution in [1.29, 1.82) is 0 Å². The third-order valence-electron chi connectivity index (χ3n) is 2.95. The number of carboxylic acids is 1. The van der Waals surface area contributed by atoms with Crippen LogP contribution in [0, 0.1) is 5.92 Å². The summed E-state index contributed by atoms with van der Waals surface area (Å²) in [6.45, 7) is 2.99. The molecule has 1 heterocycles. The van der Waals surface area contributed by atoms with Gasteiger partial charge >= 0.3 is 5.97 Å². The van der Waals surface area contributed by atoms with Crippen LogP contribution in [-0.2, 0) is 11.3 Å². The van der Waals surface area contributed by atoms with Gasteiger partial charge in [-0.3, -0.25) is 0 Å². The summed E-state index contributed by atoms with van der Waals surface area (Å²) in [5, 5.41) is 12.0. The van der Waals surface area contributed by atoms with E-state index in [-0.39, 0.29) is 5.76 Å². The smallest absolute Gasteiger partial charge is 0.372 e. The molecule has 1 aliphatic rings. The monoisotopic (exact) mass is 253 g/mol. The average molecular weight is 253 g/mol. The molecule has 1 aromatic rings. The van der Waals surface area contributed by atoms with Gasteiger partial charge in [0.2, 0.25) is 5.76 Å². The highest BCUT2D eigenvalue weighted by Gasteiger charge is 2.20. The summed E-state index contributed by atoms with van der Waals surface area (Å²) < 4.78 is 10.4. The molecule has 1 fully saturated rings. The van der Waals surface area contributed by atoms with Gasteiger partial charge in [0.1, 0.15) is 0 Å². The fourth-order valence-electron chi connectivity index (χ4n) is 1.72. The molecule has 0 aliphatic heterocycles. The number of furan rings is 1. The molecule has 1 aromatic heterocycles. The van der Waals surface area contributed by atoms with Crippen molar-refractivity contribution in [2.45, 2.75) is 25.8 Å². The molecule has 5 heteroatoms. The fraction of sp³-hybridized carbons (Fsp3) is 0.615. The highest BCUT2D eigenvalue weighted by Crippen LogP contribution is 2.28. The van der Waals surface area contributed by atoms with Crippen molar-refractivity contribution in [1.82, 2.24) is 5.32 Å². The van der Waals surface area contributed by atoms with Crippen molar-refractivity contribution in [3.05, 3.63) is 23.7 Å². The standard InChI is InChI=1S/C13H19NO4/c15-13(16)12-11(4-7-18-12)8-14-5-1-6-17-9-10-2-3-10/h4,7,10,14H,1-3,5-6,8-9H2,(H,15,16). The minimum absolute atomic E-state index is 0.0208. The number of ether oxygens (including phenoxy) is 1. The molecule has 18 heavy (non-hydrogen) atoms. The molecule has 5 nitrogen and oxygen atoms in total. The summed E-state index contributed by atoms with van der Waals surface area (Å²) in [5.41, 5.74) is 0.682. The van der Waals surface area contributed by atoms with E-state index in [1.54, 1.807) is 6.07 Å². The molecule has 0 atom stereocenters. The summed E-state index contributed by atoms with van der Waals surface area (Å²) in [7, 11) is 0. The zero-order chi connectivity index (χ0) is 12.8. The minimum Gasteiger partial charge on any atom is -0.475 e.